The molecule has 3 aromatic rings. The highest BCUT2D eigenvalue weighted by Crippen LogP contribution is 2.38. The third-order valence-corrected chi connectivity index (χ3v) is 5.89. The van der Waals surface area contributed by atoms with Gasteiger partial charge in [-0.3, -0.25) is 14.2 Å². The smallest absolute Gasteiger partial charge is 0.427 e. The van der Waals surface area contributed by atoms with E-state index in [0.717, 1.165) is 9.80 Å². The molecular formula is C20H17F2IN5O7P. The zero-order chi connectivity index (χ0) is 26.6. The van der Waals surface area contributed by atoms with Crippen LogP contribution in [0.5, 0.6) is 0 Å². The third kappa shape index (κ3) is 6.15. The number of phosphoric ester groups is 1. The molecule has 0 aliphatic carbocycles. The maximum atomic E-state index is 14.5. The summed E-state index contributed by atoms with van der Waals surface area (Å²) < 4.78 is 49.4. The van der Waals surface area contributed by atoms with Gasteiger partial charge in [-0.2, -0.15) is 5.26 Å². The van der Waals surface area contributed by atoms with E-state index < -0.39 is 61.4 Å². The number of aromatic amines is 1. The molecule has 2 aromatic carbocycles. The minimum absolute atomic E-state index is 0.0981. The molecule has 0 saturated heterocycles. The normalized spacial score (nSPS) is 11.2. The van der Waals surface area contributed by atoms with Gasteiger partial charge in [0.15, 0.2) is 18.4 Å². The van der Waals surface area contributed by atoms with Gasteiger partial charge >= 0.3 is 13.9 Å². The van der Waals surface area contributed by atoms with Crippen molar-refractivity contribution in [2.24, 2.45) is 0 Å². The first-order chi connectivity index (χ1) is 17.0. The van der Waals surface area contributed by atoms with Crippen molar-refractivity contribution in [1.82, 2.24) is 9.97 Å². The first kappa shape index (κ1) is 27.4. The monoisotopic (exact) mass is 635 g/mol. The average Bonchev–Trinajstić information content (AvgIpc) is 3.30. The lowest BCUT2D eigenvalue weighted by Crippen LogP contribution is -2.38. The summed E-state index contributed by atoms with van der Waals surface area (Å²) in [5.41, 5.74) is -0.974. The van der Waals surface area contributed by atoms with Crippen LogP contribution in [0.2, 0.25) is 0 Å². The van der Waals surface area contributed by atoms with Crippen LogP contribution < -0.4 is 9.80 Å². The summed E-state index contributed by atoms with van der Waals surface area (Å²) in [6.45, 7) is -1.20. The lowest BCUT2D eigenvalue weighted by molar-refractivity contribution is -0.116. The summed E-state index contributed by atoms with van der Waals surface area (Å²) >= 11 is 1.75. The number of nitrogens with one attached hydrogen (secondary N) is 1. The Morgan fingerprint density at radius 3 is 2.64 bits per heavy atom. The fourth-order valence-corrected chi connectivity index (χ4v) is 3.77. The molecule has 16 heteroatoms. The number of ether oxygens (including phenoxy) is 1. The number of H-pyrrole nitrogens is 1. The Morgan fingerprint density at radius 2 is 2.00 bits per heavy atom. The van der Waals surface area contributed by atoms with E-state index in [9.17, 15) is 22.9 Å². The van der Waals surface area contributed by atoms with Crippen LogP contribution in [0.15, 0.2) is 30.3 Å². The number of alkyl halides is 1. The molecule has 36 heavy (non-hydrogen) atoms. The summed E-state index contributed by atoms with van der Waals surface area (Å²) in [4.78, 5) is 51.3. The quantitative estimate of drug-likeness (QED) is 0.146. The maximum absolute atomic E-state index is 14.5. The van der Waals surface area contributed by atoms with Crippen molar-refractivity contribution in [2.45, 2.75) is 6.61 Å². The number of aromatic nitrogens is 2. The van der Waals surface area contributed by atoms with Gasteiger partial charge in [0.1, 0.15) is 17.1 Å². The van der Waals surface area contributed by atoms with Gasteiger partial charge in [0.25, 0.3) is 0 Å². The molecule has 0 fully saturated rings. The lowest BCUT2D eigenvalue weighted by atomic mass is 10.2. The SMILES string of the molecule is CN(C(=O)OCN(C(=O)CI)c1nc2c(F)cc(C#N)c(F)c2[nH]1)c1ccccc1COP(=O)(O)O. The third-order valence-electron chi connectivity index (χ3n) is 4.77. The summed E-state index contributed by atoms with van der Waals surface area (Å²) in [6, 6.07) is 8.29. The Balaban J connectivity index is 1.83. The molecule has 2 amide bonds. The molecule has 3 N–H and O–H groups in total. The summed E-state index contributed by atoms with van der Waals surface area (Å²) in [5.74, 6) is -2.97. The van der Waals surface area contributed by atoms with Gasteiger partial charge in [-0.15, -0.1) is 0 Å². The van der Waals surface area contributed by atoms with Crippen molar-refractivity contribution in [3.05, 3.63) is 53.1 Å². The number of carbonyl (C=O) groups excluding carboxylic acids is 2. The van der Waals surface area contributed by atoms with E-state index in [1.54, 1.807) is 34.7 Å². The molecule has 3 rings (SSSR count). The second-order valence-electron chi connectivity index (χ2n) is 7.06. The first-order valence-electron chi connectivity index (χ1n) is 9.79. The van der Waals surface area contributed by atoms with Crippen LogP contribution in [0.25, 0.3) is 11.0 Å². The van der Waals surface area contributed by atoms with Crippen LogP contribution in [0, 0.1) is 23.0 Å². The summed E-state index contributed by atoms with van der Waals surface area (Å²) in [5, 5.41) is 8.96. The summed E-state index contributed by atoms with van der Waals surface area (Å²) in [7, 11) is -3.45. The van der Waals surface area contributed by atoms with Crippen LogP contribution >= 0.6 is 30.4 Å². The van der Waals surface area contributed by atoms with E-state index >= 15 is 0 Å². The fourth-order valence-electron chi connectivity index (χ4n) is 3.05. The number of nitriles is 1. The average molecular weight is 635 g/mol. The minimum Gasteiger partial charge on any atom is -0.427 e. The molecular weight excluding hydrogens is 618 g/mol. The van der Waals surface area contributed by atoms with Gasteiger partial charge in [-0.25, -0.2) is 28.0 Å². The van der Waals surface area contributed by atoms with Crippen molar-refractivity contribution >= 4 is 65.1 Å². The van der Waals surface area contributed by atoms with Crippen molar-refractivity contribution < 1.29 is 42.0 Å². The Hall–Kier alpha value is -3.16. The van der Waals surface area contributed by atoms with Crippen molar-refractivity contribution in [3.8, 4) is 6.07 Å². The molecule has 0 saturated carbocycles. The Bertz CT molecular complexity index is 1410. The van der Waals surface area contributed by atoms with Gasteiger partial charge < -0.3 is 19.5 Å². The number of carbonyl (C=O) groups is 2. The van der Waals surface area contributed by atoms with Crippen LogP contribution in [0.4, 0.5) is 25.2 Å². The number of benzene rings is 2. The molecule has 0 atom stereocenters. The minimum atomic E-state index is -4.77. The zero-order valence-corrected chi connectivity index (χ0v) is 21.4. The number of phosphoric acid groups is 1. The predicted molar refractivity (Wildman–Crippen MR) is 130 cm³/mol. The second-order valence-corrected chi connectivity index (χ2v) is 9.06. The standard InChI is InChI=1S/C20H17F2IN5O7P/c1-27(14-5-3-2-4-11(14)9-35-36(31,32)33)20(30)34-10-28(15(29)7-23)19-25-17-13(21)6-12(8-24)16(22)18(17)26-19/h2-6H,7,9-10H2,1H3,(H,25,26)(H2,31,32,33). The number of halogens is 3. The molecule has 0 unspecified atom stereocenters. The molecule has 0 radical (unpaired) electrons. The number of fused-ring (bicyclic) bond motifs is 1. The van der Waals surface area contributed by atoms with Gasteiger partial charge in [0.05, 0.1) is 22.3 Å². The van der Waals surface area contributed by atoms with Crippen molar-refractivity contribution in [2.75, 3.05) is 28.0 Å². The van der Waals surface area contributed by atoms with Crippen LogP contribution in [-0.2, 0) is 25.2 Å². The van der Waals surface area contributed by atoms with Crippen molar-refractivity contribution in [1.29, 1.82) is 5.26 Å². The highest BCUT2D eigenvalue weighted by Gasteiger charge is 2.25. The van der Waals surface area contributed by atoms with E-state index in [-0.39, 0.29) is 21.6 Å². The topological polar surface area (TPSA) is 169 Å². The molecule has 1 heterocycles. The fraction of sp³-hybridized carbons (Fsp3) is 0.200. The number of hydrogen-bond donors (Lipinski definition) is 3. The van der Waals surface area contributed by atoms with Gasteiger partial charge in [-0.05, 0) is 12.1 Å². The molecule has 0 aliphatic rings. The highest BCUT2D eigenvalue weighted by molar-refractivity contribution is 14.1. The van der Waals surface area contributed by atoms with E-state index in [1.165, 1.54) is 25.2 Å². The number of imidazole rings is 1. The van der Waals surface area contributed by atoms with E-state index in [1.807, 2.05) is 0 Å². The Kier molecular flexibility index (Phi) is 8.59. The number of nitrogens with zero attached hydrogens (tertiary/aromatic N) is 4. The molecule has 0 bridgehead atoms. The molecule has 190 valence electrons. The van der Waals surface area contributed by atoms with E-state index in [4.69, 9.17) is 19.8 Å². The maximum Gasteiger partial charge on any atom is 0.469 e. The molecule has 0 aliphatic heterocycles. The number of rotatable bonds is 8. The van der Waals surface area contributed by atoms with Crippen LogP contribution in [0.3, 0.4) is 0 Å². The van der Waals surface area contributed by atoms with E-state index in [0.29, 0.717) is 6.07 Å². The number of hydrogen-bond acceptors (Lipinski definition) is 7. The first-order valence-corrected chi connectivity index (χ1v) is 12.8. The van der Waals surface area contributed by atoms with Crippen LogP contribution in [-0.4, -0.2) is 50.0 Å². The number of anilines is 2. The number of para-hydroxylation sites is 1. The van der Waals surface area contributed by atoms with Gasteiger partial charge in [-0.1, -0.05) is 40.8 Å². The predicted octanol–water partition coefficient (Wildman–Crippen LogP) is 3.32. The summed E-state index contributed by atoms with van der Waals surface area (Å²) in [6.07, 6.45) is -0.967. The molecule has 0 spiro atoms. The van der Waals surface area contributed by atoms with E-state index in [2.05, 4.69) is 14.5 Å². The Morgan fingerprint density at radius 1 is 1.31 bits per heavy atom. The highest BCUT2D eigenvalue weighted by atomic mass is 127. The zero-order valence-electron chi connectivity index (χ0n) is 18.3. The van der Waals surface area contributed by atoms with Crippen molar-refractivity contribution in [3.63, 3.8) is 0 Å². The molecule has 12 nitrogen and oxygen atoms in total. The van der Waals surface area contributed by atoms with Crippen LogP contribution in [0.1, 0.15) is 11.1 Å². The van der Waals surface area contributed by atoms with Gasteiger partial charge in [0.2, 0.25) is 11.9 Å². The number of amides is 2. The largest absolute Gasteiger partial charge is 0.469 e. The second kappa shape index (κ2) is 11.3. The Labute approximate surface area is 215 Å². The lowest BCUT2D eigenvalue weighted by Gasteiger charge is -2.23. The molecule has 1 aromatic heterocycles. The van der Waals surface area contributed by atoms with Gasteiger partial charge in [0, 0.05) is 12.6 Å².